The van der Waals surface area contributed by atoms with Crippen LogP contribution in [0.5, 0.6) is 0 Å². The molecule has 3 N–H and O–H groups in total. The summed E-state index contributed by atoms with van der Waals surface area (Å²) in [5, 5.41) is 14.6. The number of aryl methyl sites for hydroxylation is 1. The summed E-state index contributed by atoms with van der Waals surface area (Å²) in [5.41, 5.74) is 3.42. The summed E-state index contributed by atoms with van der Waals surface area (Å²) < 4.78 is 0.547. The highest BCUT2D eigenvalue weighted by molar-refractivity contribution is 7.19. The van der Waals surface area contributed by atoms with Gasteiger partial charge >= 0.3 is 0 Å². The van der Waals surface area contributed by atoms with E-state index in [1.54, 1.807) is 6.20 Å². The molecule has 9 nitrogen and oxygen atoms in total. The minimum atomic E-state index is -0.339. The second-order valence-corrected chi connectivity index (χ2v) is 10.9. The molecule has 4 heterocycles. The van der Waals surface area contributed by atoms with Crippen molar-refractivity contribution in [2.24, 2.45) is 0 Å². The Labute approximate surface area is 206 Å². The van der Waals surface area contributed by atoms with Gasteiger partial charge in [-0.05, 0) is 44.9 Å². The van der Waals surface area contributed by atoms with Crippen LogP contribution in [0.15, 0.2) is 12.3 Å². The quantitative estimate of drug-likeness (QED) is 0.447. The number of thiazole rings is 1. The molecule has 3 aliphatic rings. The third kappa shape index (κ3) is 4.24. The van der Waals surface area contributed by atoms with Crippen LogP contribution < -0.4 is 15.5 Å². The van der Waals surface area contributed by atoms with E-state index >= 15 is 0 Å². The smallest absolute Gasteiger partial charge is 0.248 e. The molecule has 3 aromatic rings. The van der Waals surface area contributed by atoms with Crippen molar-refractivity contribution in [3.63, 3.8) is 0 Å². The highest BCUT2D eigenvalue weighted by Gasteiger charge is 2.34. The number of carbonyl (C=O) groups is 1. The number of anilines is 4. The molecule has 1 saturated carbocycles. The van der Waals surface area contributed by atoms with Crippen molar-refractivity contribution >= 4 is 51.6 Å². The van der Waals surface area contributed by atoms with Gasteiger partial charge in [0.25, 0.3) is 0 Å². The van der Waals surface area contributed by atoms with Crippen molar-refractivity contribution in [1.29, 1.82) is 0 Å². The lowest BCUT2D eigenvalue weighted by Crippen LogP contribution is -2.40. The molecule has 1 saturated heterocycles. The lowest BCUT2D eigenvalue weighted by molar-refractivity contribution is -0.117. The Morgan fingerprint density at radius 1 is 1.15 bits per heavy atom. The van der Waals surface area contributed by atoms with Crippen molar-refractivity contribution in [2.45, 2.75) is 69.7 Å². The monoisotopic (exact) mass is 498 g/mol. The zero-order valence-corrected chi connectivity index (χ0v) is 20.4. The molecule has 0 unspecified atom stereocenters. The van der Waals surface area contributed by atoms with Crippen LogP contribution >= 0.6 is 22.9 Å². The largest absolute Gasteiger partial charge is 0.329 e. The lowest BCUT2D eigenvalue weighted by Gasteiger charge is -2.24. The average Bonchev–Trinajstić information content (AvgIpc) is 3.64. The number of H-pyrrole nitrogens is 1. The molecular formula is C23H27ClN8OS. The van der Waals surface area contributed by atoms with E-state index in [2.05, 4.69) is 31.9 Å². The van der Waals surface area contributed by atoms with Gasteiger partial charge in [0, 0.05) is 29.8 Å². The Balaban J connectivity index is 1.25. The zero-order chi connectivity index (χ0) is 23.1. The van der Waals surface area contributed by atoms with Gasteiger partial charge in [0.2, 0.25) is 11.9 Å². The van der Waals surface area contributed by atoms with Crippen molar-refractivity contribution < 1.29 is 4.79 Å². The van der Waals surface area contributed by atoms with Crippen molar-refractivity contribution in [1.82, 2.24) is 25.1 Å². The zero-order valence-electron chi connectivity index (χ0n) is 18.8. The Morgan fingerprint density at radius 2 is 2.03 bits per heavy atom. The number of amides is 1. The van der Waals surface area contributed by atoms with Crippen LogP contribution in [0.2, 0.25) is 4.34 Å². The molecular weight excluding hydrogens is 472 g/mol. The summed E-state index contributed by atoms with van der Waals surface area (Å²) in [6.07, 6.45) is 11.2. The van der Waals surface area contributed by atoms with Gasteiger partial charge in [0.05, 0.1) is 11.9 Å². The summed E-state index contributed by atoms with van der Waals surface area (Å²) in [6.45, 7) is 0.739. The van der Waals surface area contributed by atoms with Gasteiger partial charge in [-0.1, -0.05) is 35.8 Å². The van der Waals surface area contributed by atoms with E-state index in [4.69, 9.17) is 21.6 Å². The Morgan fingerprint density at radius 3 is 2.85 bits per heavy atom. The van der Waals surface area contributed by atoms with Crippen LogP contribution in [0.4, 0.5) is 22.7 Å². The lowest BCUT2D eigenvalue weighted by atomic mass is 10.0. The third-order valence-corrected chi connectivity index (χ3v) is 8.11. The van der Waals surface area contributed by atoms with E-state index in [0.29, 0.717) is 21.3 Å². The number of aromatic amines is 1. The Kier molecular flexibility index (Phi) is 5.86. The molecule has 11 heteroatoms. The molecule has 3 aromatic heterocycles. The summed E-state index contributed by atoms with van der Waals surface area (Å²) in [7, 11) is 0. The maximum Gasteiger partial charge on any atom is 0.248 e. The predicted molar refractivity (Wildman–Crippen MR) is 133 cm³/mol. The van der Waals surface area contributed by atoms with Gasteiger partial charge in [-0.2, -0.15) is 10.1 Å². The van der Waals surface area contributed by atoms with Crippen LogP contribution in [0.3, 0.4) is 0 Å². The molecule has 0 bridgehead atoms. The van der Waals surface area contributed by atoms with Gasteiger partial charge < -0.3 is 15.5 Å². The minimum absolute atomic E-state index is 0.101. The first-order chi connectivity index (χ1) is 16.6. The maximum atomic E-state index is 13.0. The molecule has 1 aliphatic heterocycles. The van der Waals surface area contributed by atoms with Gasteiger partial charge in [-0.3, -0.25) is 9.89 Å². The highest BCUT2D eigenvalue weighted by Crippen LogP contribution is 2.36. The first-order valence-corrected chi connectivity index (χ1v) is 13.2. The van der Waals surface area contributed by atoms with E-state index in [9.17, 15) is 4.79 Å². The number of rotatable bonds is 6. The first-order valence-electron chi connectivity index (χ1n) is 12.0. The van der Waals surface area contributed by atoms with Crippen molar-refractivity contribution in [2.75, 3.05) is 22.1 Å². The Bertz CT molecular complexity index is 1200. The number of nitrogens with zero attached hydrogens (tertiary/aromatic N) is 5. The number of halogens is 1. The van der Waals surface area contributed by atoms with Crippen molar-refractivity contribution in [3.05, 3.63) is 33.6 Å². The molecule has 0 aromatic carbocycles. The second-order valence-electron chi connectivity index (χ2n) is 9.28. The van der Waals surface area contributed by atoms with Gasteiger partial charge in [-0.15, -0.1) is 0 Å². The predicted octanol–water partition coefficient (Wildman–Crippen LogP) is 4.81. The van der Waals surface area contributed by atoms with E-state index in [-0.39, 0.29) is 11.9 Å². The number of carbonyl (C=O) groups excluding carboxylic acids is 1. The fourth-order valence-electron chi connectivity index (χ4n) is 5.40. The van der Waals surface area contributed by atoms with Crippen LogP contribution in [-0.4, -0.2) is 43.6 Å². The number of fused-ring (bicyclic) bond motifs is 1. The topological polar surface area (TPSA) is 112 Å². The fraction of sp³-hybridized carbons (Fsp3) is 0.522. The summed E-state index contributed by atoms with van der Waals surface area (Å²) in [5.74, 6) is 2.67. The SMILES string of the molecule is O=C(Nc1ncc(Cl)s1)[C@H]1CCCN1c1nc2c(c(Nc3cc(C4CCCC4)[nH]n3)n1)CCC2. The number of nitrogens with one attached hydrogen (secondary N) is 3. The molecule has 1 atom stereocenters. The maximum absolute atomic E-state index is 13.0. The normalized spacial score (nSPS) is 20.1. The summed E-state index contributed by atoms with van der Waals surface area (Å²) in [4.78, 5) is 29.0. The second kappa shape index (κ2) is 9.14. The summed E-state index contributed by atoms with van der Waals surface area (Å²) >= 11 is 7.22. The molecule has 2 aliphatic carbocycles. The van der Waals surface area contributed by atoms with Gasteiger partial charge in [-0.25, -0.2) is 9.97 Å². The molecule has 6 rings (SSSR count). The van der Waals surface area contributed by atoms with Gasteiger partial charge in [0.15, 0.2) is 10.9 Å². The third-order valence-electron chi connectivity index (χ3n) is 7.08. The average molecular weight is 499 g/mol. The molecule has 178 valence electrons. The van der Waals surface area contributed by atoms with Crippen LogP contribution in [0.1, 0.15) is 67.8 Å². The molecule has 0 spiro atoms. The van der Waals surface area contributed by atoms with E-state index in [1.165, 1.54) is 42.7 Å². The van der Waals surface area contributed by atoms with E-state index in [1.807, 2.05) is 4.90 Å². The Hall–Kier alpha value is -2.72. The fourth-order valence-corrected chi connectivity index (χ4v) is 6.21. The molecule has 34 heavy (non-hydrogen) atoms. The molecule has 2 fully saturated rings. The standard InChI is InChI=1S/C23H27ClN8OS/c24-18-12-25-23(34-18)29-21(33)17-9-4-10-32(17)22-26-15-8-3-7-14(15)20(28-22)27-19-11-16(30-31-19)13-5-1-2-6-13/h11-13,17H,1-10H2,(H,25,29,33)(H2,26,27,28,30,31)/t17-/m1/s1. The number of hydrogen-bond acceptors (Lipinski definition) is 8. The number of aromatic nitrogens is 5. The van der Waals surface area contributed by atoms with E-state index < -0.39 is 0 Å². The molecule has 0 radical (unpaired) electrons. The number of hydrogen-bond donors (Lipinski definition) is 3. The van der Waals surface area contributed by atoms with Crippen LogP contribution in [0.25, 0.3) is 0 Å². The highest BCUT2D eigenvalue weighted by atomic mass is 35.5. The molecule has 1 amide bonds. The van der Waals surface area contributed by atoms with Gasteiger partial charge in [0.1, 0.15) is 16.2 Å². The minimum Gasteiger partial charge on any atom is -0.329 e. The first kappa shape index (κ1) is 21.8. The van der Waals surface area contributed by atoms with Crippen molar-refractivity contribution in [3.8, 4) is 0 Å². The van der Waals surface area contributed by atoms with Crippen LogP contribution in [0, 0.1) is 0 Å². The van der Waals surface area contributed by atoms with E-state index in [0.717, 1.165) is 61.5 Å². The summed E-state index contributed by atoms with van der Waals surface area (Å²) in [6, 6.07) is 1.78. The van der Waals surface area contributed by atoms with Crippen LogP contribution in [-0.2, 0) is 17.6 Å².